The topological polar surface area (TPSA) is 72.6 Å². The minimum absolute atomic E-state index is 0.0130. The first-order chi connectivity index (χ1) is 16.5. The number of hydrogen-bond acceptors (Lipinski definition) is 6. The molecule has 5 aromatic rings. The first-order valence-electron chi connectivity index (χ1n) is 10.7. The van der Waals surface area contributed by atoms with E-state index >= 15 is 0 Å². The first kappa shape index (κ1) is 20.6. The Bertz CT molecular complexity index is 1660. The minimum Gasteiger partial charge on any atom is -0.494 e. The SMILES string of the molecule is CCOc1cccc([C@H]2c3c(oc4ccccc4c3=O)C(=O)N2c2nc3ccc(F)cc3s2)c1. The van der Waals surface area contributed by atoms with Gasteiger partial charge in [0.05, 0.1) is 33.8 Å². The fraction of sp³-hybridized carbons (Fsp3) is 0.115. The Morgan fingerprint density at radius 3 is 2.79 bits per heavy atom. The quantitative estimate of drug-likeness (QED) is 0.336. The maximum Gasteiger partial charge on any atom is 0.297 e. The van der Waals surface area contributed by atoms with E-state index in [1.807, 2.05) is 31.2 Å². The molecule has 6 nitrogen and oxygen atoms in total. The highest BCUT2D eigenvalue weighted by Gasteiger charge is 2.45. The number of nitrogens with zero attached hydrogens (tertiary/aromatic N) is 2. The molecule has 168 valence electrons. The summed E-state index contributed by atoms with van der Waals surface area (Å²) < 4.78 is 26.0. The molecule has 0 N–H and O–H groups in total. The second kappa shape index (κ2) is 7.78. The molecule has 1 aliphatic rings. The van der Waals surface area contributed by atoms with Crippen LogP contribution in [-0.4, -0.2) is 17.5 Å². The van der Waals surface area contributed by atoms with Crippen molar-refractivity contribution in [2.45, 2.75) is 13.0 Å². The molecule has 2 aromatic heterocycles. The number of fused-ring (bicyclic) bond motifs is 3. The van der Waals surface area contributed by atoms with Gasteiger partial charge in [-0.05, 0) is 55.0 Å². The monoisotopic (exact) mass is 472 g/mol. The van der Waals surface area contributed by atoms with Crippen LogP contribution in [0.3, 0.4) is 0 Å². The van der Waals surface area contributed by atoms with Gasteiger partial charge in [-0.3, -0.25) is 14.5 Å². The summed E-state index contributed by atoms with van der Waals surface area (Å²) in [6.45, 7) is 2.36. The number of hydrogen-bond donors (Lipinski definition) is 0. The van der Waals surface area contributed by atoms with Crippen LogP contribution >= 0.6 is 11.3 Å². The molecule has 0 aliphatic carbocycles. The molecule has 0 bridgehead atoms. The molecule has 8 heteroatoms. The summed E-state index contributed by atoms with van der Waals surface area (Å²) in [5, 5.41) is 0.750. The highest BCUT2D eigenvalue weighted by atomic mass is 32.1. The van der Waals surface area contributed by atoms with Crippen LogP contribution in [0.25, 0.3) is 21.2 Å². The number of carbonyl (C=O) groups is 1. The molecule has 0 saturated carbocycles. The smallest absolute Gasteiger partial charge is 0.297 e. The molecule has 1 aliphatic heterocycles. The average Bonchev–Trinajstić information content (AvgIpc) is 3.38. The van der Waals surface area contributed by atoms with Gasteiger partial charge in [0.25, 0.3) is 5.91 Å². The van der Waals surface area contributed by atoms with Gasteiger partial charge in [-0.15, -0.1) is 0 Å². The lowest BCUT2D eigenvalue weighted by atomic mass is 9.98. The first-order valence-corrected chi connectivity index (χ1v) is 11.5. The van der Waals surface area contributed by atoms with Crippen molar-refractivity contribution in [1.82, 2.24) is 4.98 Å². The molecule has 0 radical (unpaired) electrons. The van der Waals surface area contributed by atoms with E-state index in [1.54, 1.807) is 30.3 Å². The molecule has 0 saturated heterocycles. The molecular formula is C26H17FN2O4S. The molecule has 1 amide bonds. The lowest BCUT2D eigenvalue weighted by Gasteiger charge is -2.23. The van der Waals surface area contributed by atoms with Crippen LogP contribution in [0.4, 0.5) is 9.52 Å². The van der Waals surface area contributed by atoms with Crippen molar-refractivity contribution in [2.24, 2.45) is 0 Å². The molecule has 3 aromatic carbocycles. The van der Waals surface area contributed by atoms with Crippen molar-refractivity contribution in [3.63, 3.8) is 0 Å². The Kier molecular flexibility index (Phi) is 4.70. The number of halogens is 1. The van der Waals surface area contributed by atoms with Crippen molar-refractivity contribution in [3.05, 3.63) is 99.7 Å². The van der Waals surface area contributed by atoms with E-state index in [0.717, 1.165) is 0 Å². The Morgan fingerprint density at radius 2 is 1.94 bits per heavy atom. The molecule has 3 heterocycles. The van der Waals surface area contributed by atoms with E-state index in [0.29, 0.717) is 44.2 Å². The summed E-state index contributed by atoms with van der Waals surface area (Å²) in [7, 11) is 0. The Labute approximate surface area is 196 Å². The normalized spacial score (nSPS) is 15.3. The number of aromatic nitrogens is 1. The Morgan fingerprint density at radius 1 is 1.09 bits per heavy atom. The van der Waals surface area contributed by atoms with Crippen molar-refractivity contribution in [2.75, 3.05) is 11.5 Å². The van der Waals surface area contributed by atoms with Crippen LogP contribution in [-0.2, 0) is 0 Å². The third kappa shape index (κ3) is 3.10. The number of thiazole rings is 1. The second-order valence-electron chi connectivity index (χ2n) is 7.86. The average molecular weight is 472 g/mol. The number of benzene rings is 3. The number of anilines is 1. The summed E-state index contributed by atoms with van der Waals surface area (Å²) in [6.07, 6.45) is 0. The van der Waals surface area contributed by atoms with Gasteiger partial charge in [0.15, 0.2) is 10.6 Å². The van der Waals surface area contributed by atoms with Gasteiger partial charge in [-0.2, -0.15) is 0 Å². The van der Waals surface area contributed by atoms with Crippen LogP contribution in [0.5, 0.6) is 5.75 Å². The lowest BCUT2D eigenvalue weighted by molar-refractivity contribution is 0.0971. The molecule has 0 fully saturated rings. The van der Waals surface area contributed by atoms with Crippen molar-refractivity contribution in [1.29, 1.82) is 0 Å². The van der Waals surface area contributed by atoms with Gasteiger partial charge in [-0.25, -0.2) is 9.37 Å². The number of para-hydroxylation sites is 1. The van der Waals surface area contributed by atoms with Gasteiger partial charge in [0, 0.05) is 0 Å². The van der Waals surface area contributed by atoms with E-state index < -0.39 is 11.9 Å². The highest BCUT2D eigenvalue weighted by molar-refractivity contribution is 7.22. The maximum atomic E-state index is 13.8. The van der Waals surface area contributed by atoms with Crippen LogP contribution in [0.2, 0.25) is 0 Å². The summed E-state index contributed by atoms with van der Waals surface area (Å²) in [6, 6.07) is 17.6. The number of ether oxygens (including phenoxy) is 1. The fourth-order valence-corrected chi connectivity index (χ4v) is 5.38. The molecule has 6 rings (SSSR count). The third-order valence-electron chi connectivity index (χ3n) is 5.81. The van der Waals surface area contributed by atoms with Gasteiger partial charge in [0.2, 0.25) is 5.76 Å². The zero-order valence-corrected chi connectivity index (χ0v) is 18.8. The maximum absolute atomic E-state index is 13.8. The van der Waals surface area contributed by atoms with Crippen molar-refractivity contribution in [3.8, 4) is 5.75 Å². The summed E-state index contributed by atoms with van der Waals surface area (Å²) in [5.41, 5.74) is 1.58. The van der Waals surface area contributed by atoms with Gasteiger partial charge in [-0.1, -0.05) is 35.6 Å². The molecule has 0 spiro atoms. The second-order valence-corrected chi connectivity index (χ2v) is 8.87. The number of rotatable bonds is 4. The van der Waals surface area contributed by atoms with Crippen LogP contribution < -0.4 is 15.1 Å². The summed E-state index contributed by atoms with van der Waals surface area (Å²) >= 11 is 1.19. The van der Waals surface area contributed by atoms with E-state index in [4.69, 9.17) is 9.15 Å². The molecule has 34 heavy (non-hydrogen) atoms. The largest absolute Gasteiger partial charge is 0.494 e. The van der Waals surface area contributed by atoms with Crippen LogP contribution in [0.15, 0.2) is 75.9 Å². The number of amides is 1. The minimum atomic E-state index is -0.769. The summed E-state index contributed by atoms with van der Waals surface area (Å²) in [4.78, 5) is 33.3. The van der Waals surface area contributed by atoms with Gasteiger partial charge in [0.1, 0.15) is 17.1 Å². The Balaban J connectivity index is 1.62. The zero-order valence-electron chi connectivity index (χ0n) is 17.9. The van der Waals surface area contributed by atoms with Gasteiger partial charge < -0.3 is 9.15 Å². The van der Waals surface area contributed by atoms with Gasteiger partial charge >= 0.3 is 0 Å². The standard InChI is InChI=1S/C26H17FN2O4S/c1-2-32-16-7-5-6-14(12-16)22-21-23(30)17-8-3-4-9-19(17)33-24(21)25(31)29(22)26-28-18-11-10-15(27)13-20(18)34-26/h3-13,22H,2H2,1H3/t22-/m0/s1. The van der Waals surface area contributed by atoms with E-state index in [9.17, 15) is 14.0 Å². The predicted octanol–water partition coefficient (Wildman–Crippen LogP) is 5.69. The summed E-state index contributed by atoms with van der Waals surface area (Å²) in [5.74, 6) is -0.245. The van der Waals surface area contributed by atoms with Crippen molar-refractivity contribution >= 4 is 43.6 Å². The third-order valence-corrected chi connectivity index (χ3v) is 6.83. The molecular weight excluding hydrogens is 455 g/mol. The molecule has 0 unspecified atom stereocenters. The van der Waals surface area contributed by atoms with E-state index in [2.05, 4.69) is 4.98 Å². The predicted molar refractivity (Wildman–Crippen MR) is 128 cm³/mol. The highest BCUT2D eigenvalue weighted by Crippen LogP contribution is 2.44. The fourth-order valence-electron chi connectivity index (χ4n) is 4.36. The molecule has 1 atom stereocenters. The number of carbonyl (C=O) groups excluding carboxylic acids is 1. The van der Waals surface area contributed by atoms with Crippen molar-refractivity contribution < 1.29 is 18.3 Å². The van der Waals surface area contributed by atoms with E-state index in [-0.39, 0.29) is 22.6 Å². The van der Waals surface area contributed by atoms with Crippen LogP contribution in [0.1, 0.15) is 34.6 Å². The van der Waals surface area contributed by atoms with E-state index in [1.165, 1.54) is 28.4 Å². The van der Waals surface area contributed by atoms with Crippen LogP contribution in [0, 0.1) is 5.82 Å². The Hall–Kier alpha value is -4.04. The lowest BCUT2D eigenvalue weighted by Crippen LogP contribution is -2.29. The zero-order chi connectivity index (χ0) is 23.4.